The minimum Gasteiger partial charge on any atom is -0.458 e. The lowest BCUT2D eigenvalue weighted by Crippen LogP contribution is -2.62. The highest BCUT2D eigenvalue weighted by molar-refractivity contribution is 9.11. The molecule has 0 aliphatic carbocycles. The third-order valence-corrected chi connectivity index (χ3v) is 8.66. The number of aldehydes is 1. The van der Waals surface area contributed by atoms with E-state index in [0.29, 0.717) is 37.9 Å². The first-order valence-electron chi connectivity index (χ1n) is 13.3. The molecule has 2 bridgehead atoms. The number of halogens is 1. The molecule has 5 fully saturated rings. The number of benzene rings is 1. The lowest BCUT2D eigenvalue weighted by molar-refractivity contribution is -0.265. The van der Waals surface area contributed by atoms with Gasteiger partial charge in [0.05, 0.1) is 36.6 Å². The topological polar surface area (TPSA) is 89.5 Å². The highest BCUT2D eigenvalue weighted by Gasteiger charge is 2.65. The zero-order valence-corrected chi connectivity index (χ0v) is 22.2. The largest absolute Gasteiger partial charge is 0.458 e. The van der Waals surface area contributed by atoms with E-state index < -0.39 is 0 Å². The first-order chi connectivity index (χ1) is 18.0. The van der Waals surface area contributed by atoms with E-state index in [4.69, 9.17) is 28.4 Å². The number of ether oxygens (including phenoxy) is 6. The molecule has 0 amide bonds. The molecule has 0 saturated carbocycles. The first-order valence-corrected chi connectivity index (χ1v) is 14.1. The fourth-order valence-electron chi connectivity index (χ4n) is 6.63. The van der Waals surface area contributed by atoms with Gasteiger partial charge in [-0.15, -0.1) is 0 Å². The second-order valence-electron chi connectivity index (χ2n) is 10.7. The van der Waals surface area contributed by atoms with Crippen LogP contribution in [0.2, 0.25) is 0 Å². The number of fused-ring (bicyclic) bond motifs is 3. The summed E-state index contributed by atoms with van der Waals surface area (Å²) in [7, 11) is 0. The number of rotatable bonds is 9. The van der Waals surface area contributed by atoms with E-state index >= 15 is 0 Å². The quantitative estimate of drug-likeness (QED) is 0.324. The molecule has 0 N–H and O–H groups in total. The van der Waals surface area contributed by atoms with Gasteiger partial charge in [-0.2, -0.15) is 0 Å². The van der Waals surface area contributed by atoms with Crippen LogP contribution in [0.3, 0.4) is 0 Å². The van der Waals surface area contributed by atoms with Crippen LogP contribution in [-0.4, -0.2) is 79.9 Å². The van der Waals surface area contributed by atoms with Crippen LogP contribution in [0.15, 0.2) is 41.4 Å². The SMILES string of the molecule is C=C(Br)CC(CC[C@H]1OC2C3OC4C(OCC31)[C@H]1OC(CC=O)CCC1O[C@@H]24)OC(=O)c1ccccc1. The van der Waals surface area contributed by atoms with Gasteiger partial charge in [-0.05, 0) is 42.3 Å². The van der Waals surface area contributed by atoms with E-state index in [1.54, 1.807) is 12.1 Å². The first kappa shape index (κ1) is 25.6. The van der Waals surface area contributed by atoms with E-state index in [2.05, 4.69) is 22.5 Å². The fraction of sp³-hybridized carbons (Fsp3) is 0.643. The summed E-state index contributed by atoms with van der Waals surface area (Å²) in [4.78, 5) is 23.7. The molecule has 5 aliphatic rings. The van der Waals surface area contributed by atoms with Crippen LogP contribution < -0.4 is 0 Å². The Bertz CT molecular complexity index is 1000. The van der Waals surface area contributed by atoms with E-state index in [9.17, 15) is 9.59 Å². The summed E-state index contributed by atoms with van der Waals surface area (Å²) in [5.41, 5.74) is 0.527. The summed E-state index contributed by atoms with van der Waals surface area (Å²) in [5.74, 6) is -0.278. The van der Waals surface area contributed by atoms with Crippen LogP contribution >= 0.6 is 15.9 Å². The van der Waals surface area contributed by atoms with E-state index in [1.807, 2.05) is 18.2 Å². The monoisotopic (exact) mass is 576 g/mol. The Kier molecular flexibility index (Phi) is 7.53. The van der Waals surface area contributed by atoms with Crippen molar-refractivity contribution in [2.75, 3.05) is 6.61 Å². The van der Waals surface area contributed by atoms with Crippen molar-refractivity contribution >= 4 is 28.2 Å². The van der Waals surface area contributed by atoms with Gasteiger partial charge in [-0.3, -0.25) is 0 Å². The maximum absolute atomic E-state index is 12.7. The number of carbonyl (C=O) groups is 2. The molecular weight excluding hydrogens is 544 g/mol. The highest BCUT2D eigenvalue weighted by atomic mass is 79.9. The molecule has 37 heavy (non-hydrogen) atoms. The van der Waals surface area contributed by atoms with Crippen LogP contribution in [0.25, 0.3) is 0 Å². The van der Waals surface area contributed by atoms with Crippen molar-refractivity contribution < 1.29 is 38.0 Å². The second kappa shape index (κ2) is 10.9. The number of carbonyl (C=O) groups excluding carboxylic acids is 2. The smallest absolute Gasteiger partial charge is 0.338 e. The van der Waals surface area contributed by atoms with Crippen LogP contribution in [-0.2, 0) is 33.2 Å². The molecule has 0 aromatic heterocycles. The zero-order chi connectivity index (χ0) is 25.5. The van der Waals surface area contributed by atoms with Crippen molar-refractivity contribution in [3.8, 4) is 0 Å². The third-order valence-electron chi connectivity index (χ3n) is 8.33. The van der Waals surface area contributed by atoms with Gasteiger partial charge in [0.25, 0.3) is 0 Å². The molecule has 0 spiro atoms. The molecule has 5 saturated heterocycles. The summed E-state index contributed by atoms with van der Waals surface area (Å²) in [6.45, 7) is 4.46. The Morgan fingerprint density at radius 1 is 1.03 bits per heavy atom. The molecule has 9 heteroatoms. The minimum atomic E-state index is -0.342. The van der Waals surface area contributed by atoms with Gasteiger partial charge in [0.1, 0.15) is 42.9 Å². The molecule has 5 aliphatic heterocycles. The Morgan fingerprint density at radius 2 is 1.81 bits per heavy atom. The summed E-state index contributed by atoms with van der Waals surface area (Å²) in [6.07, 6.45) is 3.08. The van der Waals surface area contributed by atoms with Crippen molar-refractivity contribution in [1.82, 2.24) is 0 Å². The maximum Gasteiger partial charge on any atom is 0.338 e. The predicted molar refractivity (Wildman–Crippen MR) is 135 cm³/mol. The molecule has 11 atom stereocenters. The normalized spacial score (nSPS) is 40.4. The van der Waals surface area contributed by atoms with Gasteiger partial charge in [0, 0.05) is 18.8 Å². The van der Waals surface area contributed by atoms with Crippen LogP contribution in [0, 0.1) is 5.92 Å². The van der Waals surface area contributed by atoms with Crippen LogP contribution in [0.4, 0.5) is 0 Å². The second-order valence-corrected chi connectivity index (χ2v) is 11.8. The molecule has 5 heterocycles. The lowest BCUT2D eigenvalue weighted by atomic mass is 9.86. The van der Waals surface area contributed by atoms with Gasteiger partial charge in [0.15, 0.2) is 0 Å². The third kappa shape index (κ3) is 5.06. The van der Waals surface area contributed by atoms with Crippen molar-refractivity contribution in [2.24, 2.45) is 5.92 Å². The fourth-order valence-corrected chi connectivity index (χ4v) is 6.99. The predicted octanol–water partition coefficient (Wildman–Crippen LogP) is 3.74. The molecule has 6 rings (SSSR count). The summed E-state index contributed by atoms with van der Waals surface area (Å²) >= 11 is 3.43. The highest BCUT2D eigenvalue weighted by Crippen LogP contribution is 2.49. The van der Waals surface area contributed by atoms with Crippen molar-refractivity contribution in [1.29, 1.82) is 0 Å². The molecule has 1 aromatic rings. The van der Waals surface area contributed by atoms with Crippen LogP contribution in [0.5, 0.6) is 0 Å². The van der Waals surface area contributed by atoms with Crippen molar-refractivity contribution in [3.63, 3.8) is 0 Å². The summed E-state index contributed by atoms with van der Waals surface area (Å²) < 4.78 is 39.0. The Hall–Kier alpha value is -1.62. The van der Waals surface area contributed by atoms with E-state index in [0.717, 1.165) is 23.6 Å². The molecule has 0 radical (unpaired) electrons. The molecule has 8 nitrogen and oxygen atoms in total. The lowest BCUT2D eigenvalue weighted by Gasteiger charge is -2.47. The zero-order valence-electron chi connectivity index (χ0n) is 20.6. The Balaban J connectivity index is 1.12. The molecule has 8 unspecified atom stereocenters. The average Bonchev–Trinajstić information content (AvgIpc) is 3.34. The van der Waals surface area contributed by atoms with Crippen LogP contribution in [0.1, 0.15) is 48.9 Å². The van der Waals surface area contributed by atoms with Gasteiger partial charge < -0.3 is 33.2 Å². The van der Waals surface area contributed by atoms with E-state index in [1.165, 1.54) is 0 Å². The molecule has 200 valence electrons. The summed E-state index contributed by atoms with van der Waals surface area (Å²) in [6, 6.07) is 9.01. The summed E-state index contributed by atoms with van der Waals surface area (Å²) in [5, 5.41) is 0. The Labute approximate surface area is 225 Å². The minimum absolute atomic E-state index is 0.0645. The molecule has 1 aromatic carbocycles. The van der Waals surface area contributed by atoms with Gasteiger partial charge in [-0.1, -0.05) is 40.7 Å². The van der Waals surface area contributed by atoms with Gasteiger partial charge in [-0.25, -0.2) is 4.79 Å². The Morgan fingerprint density at radius 3 is 2.59 bits per heavy atom. The number of hydrogen-bond acceptors (Lipinski definition) is 8. The van der Waals surface area contributed by atoms with Gasteiger partial charge in [0.2, 0.25) is 0 Å². The maximum atomic E-state index is 12.7. The van der Waals surface area contributed by atoms with Crippen molar-refractivity contribution in [3.05, 3.63) is 47.0 Å². The standard InChI is InChI=1S/C28H33BrO8/c1-15(29)13-18(34-28(31)16-5-3-2-4-6-16)8-9-20-19-14-32-24-23-21(10-7-17(33-23)11-12-30)36-27-25(35-20)22(19)37-26(24)27/h2-6,12,17-27H,1,7-11,13-14H2/t17?,18?,19?,20-,21?,22?,23+,24?,25?,26?,27+/m1/s1. The average molecular weight is 577 g/mol. The molecular formula is C28H33BrO8. The van der Waals surface area contributed by atoms with Crippen molar-refractivity contribution in [2.45, 2.75) is 99.6 Å². The number of esters is 1. The van der Waals surface area contributed by atoms with Gasteiger partial charge >= 0.3 is 5.97 Å². The number of hydrogen-bond donors (Lipinski definition) is 0. The van der Waals surface area contributed by atoms with E-state index in [-0.39, 0.29) is 72.9 Å².